The van der Waals surface area contributed by atoms with Crippen LogP contribution in [-0.2, 0) is 6.42 Å². The summed E-state index contributed by atoms with van der Waals surface area (Å²) < 4.78 is 20.0. The second-order valence-electron chi connectivity index (χ2n) is 7.98. The minimum atomic E-state index is -0.739. The van der Waals surface area contributed by atoms with Gasteiger partial charge in [-0.05, 0) is 86.6 Å². The predicted octanol–water partition coefficient (Wildman–Crippen LogP) is 4.60. The van der Waals surface area contributed by atoms with Gasteiger partial charge in [0.15, 0.2) is 0 Å². The van der Waals surface area contributed by atoms with E-state index in [-0.39, 0.29) is 11.9 Å². The molecule has 2 aromatic rings. The van der Waals surface area contributed by atoms with Crippen molar-refractivity contribution in [3.05, 3.63) is 52.3 Å². The van der Waals surface area contributed by atoms with Crippen molar-refractivity contribution in [1.29, 1.82) is 0 Å². The lowest BCUT2D eigenvalue weighted by molar-refractivity contribution is 0.0553. The highest BCUT2D eigenvalue weighted by Gasteiger charge is 2.27. The fourth-order valence-corrected chi connectivity index (χ4v) is 3.84. The van der Waals surface area contributed by atoms with E-state index in [1.165, 1.54) is 6.07 Å². The Kier molecular flexibility index (Phi) is 5.09. The molecular weight excluding hydrogens is 329 g/mol. The number of benzene rings is 2. The first-order valence-corrected chi connectivity index (χ1v) is 9.21. The number of hydrogen-bond acceptors (Lipinski definition) is 3. The van der Waals surface area contributed by atoms with Crippen LogP contribution in [0.25, 0.3) is 11.1 Å². The molecule has 3 rings (SSSR count). The monoisotopic (exact) mass is 357 g/mol. The third-order valence-electron chi connectivity index (χ3n) is 5.14. The summed E-state index contributed by atoms with van der Waals surface area (Å²) in [6, 6.07) is 7.21. The Morgan fingerprint density at radius 3 is 2.50 bits per heavy atom. The fraction of sp³-hybridized carbons (Fsp3) is 0.455. The van der Waals surface area contributed by atoms with E-state index in [0.29, 0.717) is 18.6 Å². The van der Waals surface area contributed by atoms with E-state index in [1.807, 2.05) is 18.2 Å². The average Bonchev–Trinajstić information content (AvgIpc) is 2.90. The molecule has 2 aromatic carbocycles. The summed E-state index contributed by atoms with van der Waals surface area (Å²) in [6.45, 7) is 8.11. The molecule has 0 saturated carbocycles. The summed E-state index contributed by atoms with van der Waals surface area (Å²) >= 11 is 0. The van der Waals surface area contributed by atoms with Crippen LogP contribution in [0.3, 0.4) is 0 Å². The Morgan fingerprint density at radius 2 is 1.88 bits per heavy atom. The molecule has 140 valence electrons. The molecule has 1 aliphatic rings. The molecule has 1 unspecified atom stereocenters. The van der Waals surface area contributed by atoms with Crippen LogP contribution in [0.4, 0.5) is 4.39 Å². The maximum Gasteiger partial charge on any atom is 0.128 e. The first-order chi connectivity index (χ1) is 12.2. The van der Waals surface area contributed by atoms with Gasteiger partial charge in [0, 0.05) is 18.0 Å². The van der Waals surface area contributed by atoms with E-state index in [4.69, 9.17) is 10.5 Å². The summed E-state index contributed by atoms with van der Waals surface area (Å²) in [5, 5.41) is 9.81. The molecule has 26 heavy (non-hydrogen) atoms. The molecular formula is C22H28FNO2. The van der Waals surface area contributed by atoms with Crippen LogP contribution in [-0.4, -0.2) is 17.3 Å². The first-order valence-electron chi connectivity index (χ1n) is 9.21. The van der Waals surface area contributed by atoms with Gasteiger partial charge in [-0.3, -0.25) is 0 Å². The lowest BCUT2D eigenvalue weighted by Gasteiger charge is -2.19. The normalized spacial score (nSPS) is 16.7. The molecule has 1 atom stereocenters. The van der Waals surface area contributed by atoms with Gasteiger partial charge in [0.05, 0.1) is 12.2 Å². The van der Waals surface area contributed by atoms with E-state index >= 15 is 0 Å². The third kappa shape index (κ3) is 3.76. The van der Waals surface area contributed by atoms with Crippen molar-refractivity contribution in [2.45, 2.75) is 58.6 Å². The molecule has 0 heterocycles. The first kappa shape index (κ1) is 18.9. The number of aliphatic hydroxyl groups is 1. The van der Waals surface area contributed by atoms with Crippen LogP contribution in [0.2, 0.25) is 0 Å². The van der Waals surface area contributed by atoms with Crippen LogP contribution in [0.1, 0.15) is 55.0 Å². The molecule has 0 aromatic heterocycles. The molecule has 3 nitrogen and oxygen atoms in total. The molecule has 0 saturated heterocycles. The van der Waals surface area contributed by atoms with Crippen LogP contribution >= 0.6 is 0 Å². The number of fused-ring (bicyclic) bond motifs is 1. The summed E-state index contributed by atoms with van der Waals surface area (Å²) in [4.78, 5) is 0. The van der Waals surface area contributed by atoms with Crippen molar-refractivity contribution >= 4 is 0 Å². The lowest BCUT2D eigenvalue weighted by atomic mass is 9.90. The maximum absolute atomic E-state index is 14.2. The molecule has 1 aliphatic carbocycles. The molecule has 0 radical (unpaired) electrons. The Hall–Kier alpha value is -1.91. The molecule has 0 spiro atoms. The van der Waals surface area contributed by atoms with Crippen molar-refractivity contribution in [1.82, 2.24) is 0 Å². The minimum absolute atomic E-state index is 0.198. The highest BCUT2D eigenvalue weighted by molar-refractivity contribution is 5.76. The minimum Gasteiger partial charge on any atom is -0.493 e. The van der Waals surface area contributed by atoms with Crippen molar-refractivity contribution in [3.63, 3.8) is 0 Å². The zero-order chi connectivity index (χ0) is 19.1. The maximum atomic E-state index is 14.2. The molecule has 0 amide bonds. The smallest absolute Gasteiger partial charge is 0.128 e. The highest BCUT2D eigenvalue weighted by atomic mass is 19.1. The van der Waals surface area contributed by atoms with Gasteiger partial charge in [-0.2, -0.15) is 0 Å². The van der Waals surface area contributed by atoms with Gasteiger partial charge >= 0.3 is 0 Å². The summed E-state index contributed by atoms with van der Waals surface area (Å²) in [5.74, 6) is 0.596. The number of ether oxygens (including phenoxy) is 1. The summed E-state index contributed by atoms with van der Waals surface area (Å²) in [6.07, 6.45) is 2.17. The Bertz CT molecular complexity index is 801. The van der Waals surface area contributed by atoms with Gasteiger partial charge in [0.2, 0.25) is 0 Å². The number of halogens is 1. The molecule has 4 heteroatoms. The second-order valence-corrected chi connectivity index (χ2v) is 7.98. The van der Waals surface area contributed by atoms with Crippen LogP contribution in [0, 0.1) is 19.7 Å². The van der Waals surface area contributed by atoms with Gasteiger partial charge in [-0.1, -0.05) is 6.07 Å². The molecule has 0 fully saturated rings. The topological polar surface area (TPSA) is 55.5 Å². The van der Waals surface area contributed by atoms with Gasteiger partial charge in [-0.25, -0.2) is 4.39 Å². The molecule has 3 N–H and O–H groups in total. The average molecular weight is 357 g/mol. The van der Waals surface area contributed by atoms with E-state index in [0.717, 1.165) is 46.4 Å². The zero-order valence-corrected chi connectivity index (χ0v) is 16.0. The Morgan fingerprint density at radius 1 is 1.23 bits per heavy atom. The van der Waals surface area contributed by atoms with Crippen LogP contribution in [0.5, 0.6) is 5.75 Å². The van der Waals surface area contributed by atoms with E-state index in [1.54, 1.807) is 13.8 Å². The van der Waals surface area contributed by atoms with Crippen LogP contribution < -0.4 is 10.5 Å². The number of nitrogens with two attached hydrogens (primary N) is 1. The lowest BCUT2D eigenvalue weighted by Crippen LogP contribution is -2.21. The van der Waals surface area contributed by atoms with E-state index < -0.39 is 5.60 Å². The number of hydrogen-bond donors (Lipinski definition) is 2. The molecule has 0 bridgehead atoms. The highest BCUT2D eigenvalue weighted by Crippen LogP contribution is 2.41. The number of rotatable bonds is 5. The quantitative estimate of drug-likeness (QED) is 0.822. The number of aryl methyl sites for hydroxylation is 2. The van der Waals surface area contributed by atoms with Gasteiger partial charge < -0.3 is 15.6 Å². The zero-order valence-electron chi connectivity index (χ0n) is 16.0. The SMILES string of the molecule is Cc1cc(OCCC(C)(C)O)cc(C)c1-c1ccc(F)c2c1CCC2N. The predicted molar refractivity (Wildman–Crippen MR) is 103 cm³/mol. The van der Waals surface area contributed by atoms with Crippen molar-refractivity contribution in [2.75, 3.05) is 6.61 Å². The van der Waals surface area contributed by atoms with Crippen molar-refractivity contribution in [3.8, 4) is 16.9 Å². The van der Waals surface area contributed by atoms with E-state index in [9.17, 15) is 9.50 Å². The Labute approximate surface area is 155 Å². The van der Waals surface area contributed by atoms with E-state index in [2.05, 4.69) is 13.8 Å². The second kappa shape index (κ2) is 7.01. The summed E-state index contributed by atoms with van der Waals surface area (Å²) in [5.41, 5.74) is 11.5. The third-order valence-corrected chi connectivity index (χ3v) is 5.14. The summed E-state index contributed by atoms with van der Waals surface area (Å²) in [7, 11) is 0. The largest absolute Gasteiger partial charge is 0.493 e. The van der Waals surface area contributed by atoms with Crippen molar-refractivity contribution in [2.24, 2.45) is 5.73 Å². The fourth-order valence-electron chi connectivity index (χ4n) is 3.84. The molecule has 0 aliphatic heterocycles. The van der Waals surface area contributed by atoms with Gasteiger partial charge in [-0.15, -0.1) is 0 Å². The Balaban J connectivity index is 1.93. The van der Waals surface area contributed by atoms with Crippen LogP contribution in [0.15, 0.2) is 24.3 Å². The van der Waals surface area contributed by atoms with Gasteiger partial charge in [0.25, 0.3) is 0 Å². The standard InChI is InChI=1S/C22H28FNO2/c1-13-11-15(26-10-9-22(3,4)25)12-14(2)20(13)16-5-7-18(23)21-17(16)6-8-19(21)24/h5,7,11-12,19,25H,6,8-10,24H2,1-4H3. The van der Waals surface area contributed by atoms with Crippen molar-refractivity contribution < 1.29 is 14.2 Å². The van der Waals surface area contributed by atoms with Gasteiger partial charge in [0.1, 0.15) is 11.6 Å².